The van der Waals surface area contributed by atoms with Gasteiger partial charge in [-0.15, -0.1) is 0 Å². The van der Waals surface area contributed by atoms with Gasteiger partial charge in [0.2, 0.25) is 0 Å². The number of nitrogens with two attached hydrogens (primary N) is 1. The van der Waals surface area contributed by atoms with Crippen LogP contribution in [0, 0.1) is 6.92 Å². The van der Waals surface area contributed by atoms with Gasteiger partial charge in [-0.3, -0.25) is 4.79 Å². The fourth-order valence-corrected chi connectivity index (χ4v) is 2.03. The molecule has 0 bridgehead atoms. The number of hydrogen-bond acceptors (Lipinski definition) is 4. The highest BCUT2D eigenvalue weighted by Crippen LogP contribution is 2.27. The highest BCUT2D eigenvalue weighted by Gasteiger charge is 2.16. The lowest BCUT2D eigenvalue weighted by molar-refractivity contribution is 0.102. The maximum Gasteiger partial charge on any atom is 0.258 e. The minimum Gasteiger partial charge on any atom is -0.398 e. The fraction of sp³-hybridized carbons (Fsp3) is 0.0833. The van der Waals surface area contributed by atoms with Crippen LogP contribution < -0.4 is 11.1 Å². The summed E-state index contributed by atoms with van der Waals surface area (Å²) in [6, 6.07) is 5.20. The lowest BCUT2D eigenvalue weighted by Gasteiger charge is -2.11. The molecule has 5 nitrogen and oxygen atoms in total. The summed E-state index contributed by atoms with van der Waals surface area (Å²) in [6.07, 6.45) is 1.21. The molecule has 0 radical (unpaired) electrons. The van der Waals surface area contributed by atoms with Gasteiger partial charge in [-0.05, 0) is 18.6 Å². The van der Waals surface area contributed by atoms with Crippen molar-refractivity contribution < 1.29 is 4.79 Å². The molecule has 0 aliphatic heterocycles. The van der Waals surface area contributed by atoms with Crippen LogP contribution in [0.1, 0.15) is 15.9 Å². The minimum absolute atomic E-state index is 0.0699. The Morgan fingerprint density at radius 1 is 1.26 bits per heavy atom. The molecule has 2 rings (SSSR count). The van der Waals surface area contributed by atoms with Gasteiger partial charge in [0.05, 0.1) is 5.56 Å². The summed E-state index contributed by atoms with van der Waals surface area (Å²) in [4.78, 5) is 19.7. The lowest BCUT2D eigenvalue weighted by atomic mass is 10.1. The molecule has 0 unspecified atom stereocenters. The molecule has 1 amide bonds. The molecule has 0 saturated heterocycles. The van der Waals surface area contributed by atoms with Crippen molar-refractivity contribution in [3.05, 3.63) is 46.0 Å². The third-order valence-corrected chi connectivity index (χ3v) is 3.10. The minimum atomic E-state index is -0.408. The Kier molecular flexibility index (Phi) is 3.87. The second kappa shape index (κ2) is 5.42. The SMILES string of the molecule is Cc1cccc(N)c1C(=O)Nc1c(Cl)ncnc1Cl. The monoisotopic (exact) mass is 296 g/mol. The van der Waals surface area contributed by atoms with Gasteiger partial charge < -0.3 is 11.1 Å². The Morgan fingerprint density at radius 3 is 2.47 bits per heavy atom. The summed E-state index contributed by atoms with van der Waals surface area (Å²) in [5.41, 5.74) is 7.46. The molecule has 2 aromatic rings. The quantitative estimate of drug-likeness (QED) is 0.659. The number of aromatic nitrogens is 2. The number of carbonyl (C=O) groups is 1. The molecule has 1 aromatic carbocycles. The smallest absolute Gasteiger partial charge is 0.258 e. The molecular weight excluding hydrogens is 287 g/mol. The largest absolute Gasteiger partial charge is 0.398 e. The van der Waals surface area contributed by atoms with E-state index in [0.29, 0.717) is 11.3 Å². The molecular formula is C12H10Cl2N4O. The van der Waals surface area contributed by atoms with Crippen LogP contribution in [0.4, 0.5) is 11.4 Å². The number of nitrogens with one attached hydrogen (secondary N) is 1. The number of anilines is 2. The number of nitrogen functional groups attached to an aromatic ring is 1. The van der Waals surface area contributed by atoms with Crippen molar-refractivity contribution in [3.8, 4) is 0 Å². The predicted octanol–water partition coefficient (Wildman–Crippen LogP) is 2.93. The Hall–Kier alpha value is -1.85. The topological polar surface area (TPSA) is 80.9 Å². The Labute approximate surface area is 119 Å². The van der Waals surface area contributed by atoms with Crippen LogP contribution in [-0.2, 0) is 0 Å². The first-order chi connectivity index (χ1) is 9.00. The lowest BCUT2D eigenvalue weighted by Crippen LogP contribution is -2.16. The van der Waals surface area contributed by atoms with Crippen LogP contribution in [0.15, 0.2) is 24.5 Å². The first-order valence-corrected chi connectivity index (χ1v) is 6.08. The van der Waals surface area contributed by atoms with Crippen LogP contribution >= 0.6 is 23.2 Å². The first kappa shape index (κ1) is 13.6. The average Bonchev–Trinajstić information content (AvgIpc) is 2.34. The Balaban J connectivity index is 2.37. The predicted molar refractivity (Wildman–Crippen MR) is 75.6 cm³/mol. The van der Waals surface area contributed by atoms with Gasteiger partial charge in [-0.2, -0.15) is 0 Å². The first-order valence-electron chi connectivity index (χ1n) is 5.33. The van der Waals surface area contributed by atoms with Gasteiger partial charge in [-0.1, -0.05) is 35.3 Å². The summed E-state index contributed by atoms with van der Waals surface area (Å²) < 4.78 is 0. The maximum absolute atomic E-state index is 12.2. The summed E-state index contributed by atoms with van der Waals surface area (Å²) in [7, 11) is 0. The van der Waals surface area contributed by atoms with Crippen LogP contribution in [0.5, 0.6) is 0 Å². The number of hydrogen-bond donors (Lipinski definition) is 2. The second-order valence-corrected chi connectivity index (χ2v) is 4.54. The molecule has 1 heterocycles. The van der Waals surface area contributed by atoms with Crippen molar-refractivity contribution in [2.24, 2.45) is 0 Å². The zero-order valence-electron chi connectivity index (χ0n) is 9.95. The molecule has 98 valence electrons. The third kappa shape index (κ3) is 2.77. The summed E-state index contributed by atoms with van der Waals surface area (Å²) in [5.74, 6) is -0.408. The number of amides is 1. The van der Waals surface area contributed by atoms with Crippen molar-refractivity contribution in [1.82, 2.24) is 9.97 Å². The standard InChI is InChI=1S/C12H10Cl2N4O/c1-6-3-2-4-7(15)8(6)12(19)18-9-10(13)16-5-17-11(9)14/h2-5H,15H2,1H3,(H,18,19). The normalized spacial score (nSPS) is 10.3. The highest BCUT2D eigenvalue weighted by atomic mass is 35.5. The van der Waals surface area contributed by atoms with Crippen LogP contribution in [0.2, 0.25) is 10.3 Å². The summed E-state index contributed by atoms with van der Waals surface area (Å²) >= 11 is 11.7. The van der Waals surface area contributed by atoms with Crippen molar-refractivity contribution in [2.45, 2.75) is 6.92 Å². The van der Waals surface area contributed by atoms with E-state index in [1.807, 2.05) is 0 Å². The summed E-state index contributed by atoms with van der Waals surface area (Å²) in [5, 5.41) is 2.71. The van der Waals surface area contributed by atoms with Gasteiger partial charge in [0.1, 0.15) is 12.0 Å². The van der Waals surface area contributed by atoms with E-state index >= 15 is 0 Å². The van der Waals surface area contributed by atoms with E-state index < -0.39 is 5.91 Å². The molecule has 3 N–H and O–H groups in total. The Bertz CT molecular complexity index is 605. The van der Waals surface area contributed by atoms with E-state index in [-0.39, 0.29) is 16.0 Å². The molecule has 0 aliphatic rings. The van der Waals surface area contributed by atoms with Crippen LogP contribution in [0.3, 0.4) is 0 Å². The van der Waals surface area contributed by atoms with E-state index in [1.54, 1.807) is 25.1 Å². The van der Waals surface area contributed by atoms with Crippen molar-refractivity contribution >= 4 is 40.5 Å². The fourth-order valence-electron chi connectivity index (χ4n) is 1.62. The Morgan fingerprint density at radius 2 is 1.89 bits per heavy atom. The van der Waals surface area contributed by atoms with Crippen LogP contribution in [-0.4, -0.2) is 15.9 Å². The number of benzene rings is 1. The number of carbonyl (C=O) groups excluding carboxylic acids is 1. The summed E-state index contributed by atoms with van der Waals surface area (Å²) in [6.45, 7) is 1.79. The molecule has 0 spiro atoms. The molecule has 0 saturated carbocycles. The number of rotatable bonds is 2. The second-order valence-electron chi connectivity index (χ2n) is 3.82. The molecule has 1 aromatic heterocycles. The maximum atomic E-state index is 12.2. The van der Waals surface area contributed by atoms with Gasteiger partial charge >= 0.3 is 0 Å². The van der Waals surface area contributed by atoms with Crippen molar-refractivity contribution in [3.63, 3.8) is 0 Å². The van der Waals surface area contributed by atoms with Crippen molar-refractivity contribution in [2.75, 3.05) is 11.1 Å². The molecule has 19 heavy (non-hydrogen) atoms. The zero-order valence-corrected chi connectivity index (χ0v) is 11.5. The average molecular weight is 297 g/mol. The van der Waals surface area contributed by atoms with Gasteiger partial charge in [0, 0.05) is 5.69 Å². The molecule has 0 aliphatic carbocycles. The van der Waals surface area contributed by atoms with Gasteiger partial charge in [-0.25, -0.2) is 9.97 Å². The third-order valence-electron chi connectivity index (χ3n) is 2.53. The van der Waals surface area contributed by atoms with E-state index in [1.165, 1.54) is 6.33 Å². The van der Waals surface area contributed by atoms with Crippen molar-refractivity contribution in [1.29, 1.82) is 0 Å². The number of nitrogens with zero attached hydrogens (tertiary/aromatic N) is 2. The molecule has 0 fully saturated rings. The van der Waals surface area contributed by atoms with E-state index in [0.717, 1.165) is 5.56 Å². The van der Waals surface area contributed by atoms with Gasteiger partial charge in [0.25, 0.3) is 5.91 Å². The number of halogens is 2. The number of aryl methyl sites for hydroxylation is 1. The molecule has 0 atom stereocenters. The zero-order chi connectivity index (χ0) is 14.0. The molecule has 7 heteroatoms. The highest BCUT2D eigenvalue weighted by molar-refractivity contribution is 6.38. The van der Waals surface area contributed by atoms with E-state index in [4.69, 9.17) is 28.9 Å². The van der Waals surface area contributed by atoms with Crippen LogP contribution in [0.25, 0.3) is 0 Å². The van der Waals surface area contributed by atoms with E-state index in [9.17, 15) is 4.79 Å². The van der Waals surface area contributed by atoms with Gasteiger partial charge in [0.15, 0.2) is 10.3 Å². The van der Waals surface area contributed by atoms with E-state index in [2.05, 4.69) is 15.3 Å².